The number of hydrogen-bond acceptors (Lipinski definition) is 5. The lowest BCUT2D eigenvalue weighted by Crippen LogP contribution is -2.13. The summed E-state index contributed by atoms with van der Waals surface area (Å²) < 4.78 is 15.3. The lowest BCUT2D eigenvalue weighted by atomic mass is 9.98. The molecule has 5 heteroatoms. The SMILES string of the molecule is CC(C)C(=O)CCOCCOCCO.COC1CCCCC1. The van der Waals surface area contributed by atoms with Gasteiger partial charge in [-0.15, -0.1) is 0 Å². The summed E-state index contributed by atoms with van der Waals surface area (Å²) in [6.07, 6.45) is 7.80. The second-order valence-corrected chi connectivity index (χ2v) is 5.82. The molecule has 0 bridgehead atoms. The Morgan fingerprint density at radius 1 is 1.05 bits per heavy atom. The average Bonchev–Trinajstić information content (AvgIpc) is 2.55. The van der Waals surface area contributed by atoms with Crippen LogP contribution in [0, 0.1) is 5.92 Å². The molecule has 0 atom stereocenters. The van der Waals surface area contributed by atoms with Crippen LogP contribution in [0.2, 0.25) is 0 Å². The van der Waals surface area contributed by atoms with Gasteiger partial charge in [-0.05, 0) is 12.8 Å². The van der Waals surface area contributed by atoms with Crippen molar-refractivity contribution < 1.29 is 24.1 Å². The fraction of sp³-hybridized carbons (Fsp3) is 0.941. The van der Waals surface area contributed by atoms with E-state index in [1.54, 1.807) is 0 Å². The molecule has 22 heavy (non-hydrogen) atoms. The Morgan fingerprint density at radius 2 is 1.64 bits per heavy atom. The fourth-order valence-corrected chi connectivity index (χ4v) is 2.15. The second kappa shape index (κ2) is 15.4. The fourth-order valence-electron chi connectivity index (χ4n) is 2.15. The molecular weight excluding hydrogens is 284 g/mol. The number of aliphatic hydroxyl groups excluding tert-OH is 1. The Morgan fingerprint density at radius 3 is 2.09 bits per heavy atom. The minimum absolute atomic E-state index is 0.0336. The summed E-state index contributed by atoms with van der Waals surface area (Å²) >= 11 is 0. The van der Waals surface area contributed by atoms with Crippen molar-refractivity contribution >= 4 is 5.78 Å². The predicted molar refractivity (Wildman–Crippen MR) is 87.1 cm³/mol. The van der Waals surface area contributed by atoms with E-state index in [0.717, 1.165) is 0 Å². The number of ketones is 1. The zero-order chi connectivity index (χ0) is 16.6. The predicted octanol–water partition coefficient (Wildman–Crippen LogP) is 2.59. The molecule has 1 fully saturated rings. The lowest BCUT2D eigenvalue weighted by molar-refractivity contribution is -0.123. The lowest BCUT2D eigenvalue weighted by Gasteiger charge is -2.19. The summed E-state index contributed by atoms with van der Waals surface area (Å²) in [5.74, 6) is 0.311. The third kappa shape index (κ3) is 13.2. The summed E-state index contributed by atoms with van der Waals surface area (Å²) in [7, 11) is 1.82. The highest BCUT2D eigenvalue weighted by molar-refractivity contribution is 5.80. The molecule has 0 unspecified atom stereocenters. The van der Waals surface area contributed by atoms with Gasteiger partial charge in [0.05, 0.1) is 39.1 Å². The van der Waals surface area contributed by atoms with E-state index >= 15 is 0 Å². The van der Waals surface area contributed by atoms with E-state index in [9.17, 15) is 4.79 Å². The zero-order valence-corrected chi connectivity index (χ0v) is 14.5. The van der Waals surface area contributed by atoms with Gasteiger partial charge in [0.2, 0.25) is 0 Å². The van der Waals surface area contributed by atoms with E-state index in [-0.39, 0.29) is 18.3 Å². The summed E-state index contributed by atoms with van der Waals surface area (Å²) in [4.78, 5) is 11.1. The molecule has 1 aliphatic carbocycles. The van der Waals surface area contributed by atoms with Crippen molar-refractivity contribution in [3.05, 3.63) is 0 Å². The number of aliphatic hydroxyl groups is 1. The molecule has 0 aromatic heterocycles. The van der Waals surface area contributed by atoms with Crippen LogP contribution in [-0.2, 0) is 19.0 Å². The van der Waals surface area contributed by atoms with Gasteiger partial charge in [-0.2, -0.15) is 0 Å². The van der Waals surface area contributed by atoms with E-state index in [1.807, 2.05) is 21.0 Å². The summed E-state index contributed by atoms with van der Waals surface area (Å²) in [6.45, 7) is 5.54. The van der Waals surface area contributed by atoms with Gasteiger partial charge in [-0.3, -0.25) is 4.79 Å². The first kappa shape index (κ1) is 21.5. The first-order valence-electron chi connectivity index (χ1n) is 8.43. The molecule has 1 N–H and O–H groups in total. The van der Waals surface area contributed by atoms with E-state index in [0.29, 0.717) is 39.0 Å². The van der Waals surface area contributed by atoms with Crippen LogP contribution in [0.4, 0.5) is 0 Å². The molecule has 1 saturated carbocycles. The quantitative estimate of drug-likeness (QED) is 0.627. The van der Waals surface area contributed by atoms with E-state index < -0.39 is 0 Å². The Hall–Kier alpha value is -0.490. The maximum atomic E-state index is 11.1. The van der Waals surface area contributed by atoms with Crippen LogP contribution in [0.15, 0.2) is 0 Å². The molecule has 0 heterocycles. The zero-order valence-electron chi connectivity index (χ0n) is 14.5. The van der Waals surface area contributed by atoms with Crippen molar-refractivity contribution in [3.63, 3.8) is 0 Å². The first-order valence-corrected chi connectivity index (χ1v) is 8.43. The highest BCUT2D eigenvalue weighted by Crippen LogP contribution is 2.18. The molecule has 1 aliphatic rings. The Bertz CT molecular complexity index is 249. The molecule has 0 aliphatic heterocycles. The molecule has 0 spiro atoms. The number of rotatable bonds is 10. The van der Waals surface area contributed by atoms with Crippen LogP contribution >= 0.6 is 0 Å². The Balaban J connectivity index is 0.000000461. The van der Waals surface area contributed by atoms with Gasteiger partial charge < -0.3 is 19.3 Å². The number of hydrogen-bond donors (Lipinski definition) is 1. The Labute approximate surface area is 135 Å². The Kier molecular flexibility index (Phi) is 15.1. The van der Waals surface area contributed by atoms with Crippen molar-refractivity contribution in [1.82, 2.24) is 0 Å². The molecule has 0 radical (unpaired) electrons. The average molecular weight is 318 g/mol. The summed E-state index contributed by atoms with van der Waals surface area (Å²) in [5, 5.41) is 8.39. The molecule has 1 rings (SSSR count). The number of methoxy groups -OCH3 is 1. The van der Waals surface area contributed by atoms with Crippen LogP contribution in [0.25, 0.3) is 0 Å². The third-order valence-electron chi connectivity index (χ3n) is 3.63. The van der Waals surface area contributed by atoms with Crippen molar-refractivity contribution in [3.8, 4) is 0 Å². The van der Waals surface area contributed by atoms with Crippen molar-refractivity contribution in [2.75, 3.05) is 40.1 Å². The van der Waals surface area contributed by atoms with Gasteiger partial charge in [0.15, 0.2) is 0 Å². The van der Waals surface area contributed by atoms with Crippen LogP contribution in [-0.4, -0.2) is 57.1 Å². The van der Waals surface area contributed by atoms with Crippen LogP contribution < -0.4 is 0 Å². The van der Waals surface area contributed by atoms with E-state index in [4.69, 9.17) is 19.3 Å². The highest BCUT2D eigenvalue weighted by Gasteiger charge is 2.10. The minimum atomic E-state index is 0.0336. The molecular formula is C17H34O5. The van der Waals surface area contributed by atoms with Gasteiger partial charge in [-0.1, -0.05) is 33.1 Å². The van der Waals surface area contributed by atoms with Crippen molar-refractivity contribution in [1.29, 1.82) is 0 Å². The monoisotopic (exact) mass is 318 g/mol. The molecule has 0 saturated heterocycles. The topological polar surface area (TPSA) is 65.0 Å². The maximum absolute atomic E-state index is 11.1. The van der Waals surface area contributed by atoms with Gasteiger partial charge in [0.25, 0.3) is 0 Å². The van der Waals surface area contributed by atoms with Gasteiger partial charge in [-0.25, -0.2) is 0 Å². The van der Waals surface area contributed by atoms with Gasteiger partial charge >= 0.3 is 0 Å². The third-order valence-corrected chi connectivity index (χ3v) is 3.63. The van der Waals surface area contributed by atoms with Crippen LogP contribution in [0.3, 0.4) is 0 Å². The summed E-state index contributed by atoms with van der Waals surface area (Å²) in [5.41, 5.74) is 0. The molecule has 5 nitrogen and oxygen atoms in total. The smallest absolute Gasteiger partial charge is 0.137 e. The van der Waals surface area contributed by atoms with Crippen molar-refractivity contribution in [2.24, 2.45) is 5.92 Å². The molecule has 132 valence electrons. The van der Waals surface area contributed by atoms with Crippen molar-refractivity contribution in [2.45, 2.75) is 58.5 Å². The molecule has 0 aromatic rings. The van der Waals surface area contributed by atoms with E-state index in [1.165, 1.54) is 32.1 Å². The van der Waals surface area contributed by atoms with Crippen LogP contribution in [0.5, 0.6) is 0 Å². The minimum Gasteiger partial charge on any atom is -0.394 e. The molecule has 0 aromatic carbocycles. The second-order valence-electron chi connectivity index (χ2n) is 5.82. The van der Waals surface area contributed by atoms with Gasteiger partial charge in [0.1, 0.15) is 5.78 Å². The normalized spacial score (nSPS) is 15.5. The number of carbonyl (C=O) groups is 1. The van der Waals surface area contributed by atoms with E-state index in [2.05, 4.69) is 0 Å². The molecule has 0 amide bonds. The highest BCUT2D eigenvalue weighted by atomic mass is 16.5. The maximum Gasteiger partial charge on any atom is 0.137 e. The largest absolute Gasteiger partial charge is 0.394 e. The number of Topliss-reactive ketones (excluding diaryl/α,β-unsaturated/α-hetero) is 1. The first-order chi connectivity index (χ1) is 10.6. The number of carbonyl (C=O) groups excluding carboxylic acids is 1. The van der Waals surface area contributed by atoms with Crippen LogP contribution in [0.1, 0.15) is 52.4 Å². The van der Waals surface area contributed by atoms with Gasteiger partial charge in [0, 0.05) is 19.4 Å². The summed E-state index contributed by atoms with van der Waals surface area (Å²) in [6, 6.07) is 0. The standard InChI is InChI=1S/C10H20O4.C7H14O/c1-9(2)10(12)3-5-13-7-8-14-6-4-11;1-8-7-5-3-2-4-6-7/h9,11H,3-8H2,1-2H3;7H,2-6H2,1H3. The number of ether oxygens (including phenoxy) is 3.